The average Bonchev–Trinajstić information content (AvgIpc) is 2.67. The summed E-state index contributed by atoms with van der Waals surface area (Å²) >= 11 is 0. The fraction of sp³-hybridized carbons (Fsp3) is 0.636. The number of aromatic nitrogens is 2. The van der Waals surface area contributed by atoms with Crippen LogP contribution in [0.1, 0.15) is 24.9 Å². The van der Waals surface area contributed by atoms with Gasteiger partial charge in [-0.25, -0.2) is 18.4 Å². The predicted octanol–water partition coefficient (Wildman–Crippen LogP) is 0.562. The van der Waals surface area contributed by atoms with Gasteiger partial charge in [0, 0.05) is 24.0 Å². The van der Waals surface area contributed by atoms with Crippen LogP contribution < -0.4 is 5.32 Å². The molecule has 1 aliphatic heterocycles. The molecule has 17 heavy (non-hydrogen) atoms. The van der Waals surface area contributed by atoms with E-state index in [0.29, 0.717) is 5.75 Å². The van der Waals surface area contributed by atoms with Crippen molar-refractivity contribution in [3.63, 3.8) is 0 Å². The van der Waals surface area contributed by atoms with Crippen LogP contribution in [-0.4, -0.2) is 36.4 Å². The van der Waals surface area contributed by atoms with Crippen LogP contribution >= 0.6 is 0 Å². The minimum Gasteiger partial charge on any atom is -0.310 e. The number of nitrogens with one attached hydrogen (secondary N) is 1. The van der Waals surface area contributed by atoms with Crippen LogP contribution in [0.5, 0.6) is 0 Å². The Labute approximate surface area is 102 Å². The summed E-state index contributed by atoms with van der Waals surface area (Å²) in [6.45, 7) is 2.82. The van der Waals surface area contributed by atoms with Crippen molar-refractivity contribution < 1.29 is 8.42 Å². The molecule has 6 heteroatoms. The lowest BCUT2D eigenvalue weighted by Gasteiger charge is -2.23. The second kappa shape index (κ2) is 5.10. The van der Waals surface area contributed by atoms with Gasteiger partial charge >= 0.3 is 0 Å². The van der Waals surface area contributed by atoms with E-state index in [0.717, 1.165) is 18.5 Å². The summed E-state index contributed by atoms with van der Waals surface area (Å²) in [5.41, 5.74) is 0.969. The maximum Gasteiger partial charge on any atom is 0.150 e. The van der Waals surface area contributed by atoms with Crippen molar-refractivity contribution in [1.29, 1.82) is 0 Å². The molecular weight excluding hydrogens is 238 g/mol. The van der Waals surface area contributed by atoms with E-state index in [1.807, 2.05) is 6.92 Å². The van der Waals surface area contributed by atoms with E-state index >= 15 is 0 Å². The van der Waals surface area contributed by atoms with Gasteiger partial charge in [0.05, 0.1) is 11.5 Å². The van der Waals surface area contributed by atoms with Gasteiger partial charge in [-0.15, -0.1) is 0 Å². The molecule has 0 saturated carbocycles. The molecule has 0 aromatic carbocycles. The Morgan fingerprint density at radius 1 is 1.47 bits per heavy atom. The second-order valence-corrected chi connectivity index (χ2v) is 6.60. The van der Waals surface area contributed by atoms with E-state index in [2.05, 4.69) is 15.3 Å². The quantitative estimate of drug-likeness (QED) is 0.851. The third-order valence-corrected chi connectivity index (χ3v) is 4.90. The molecule has 2 rings (SSSR count). The maximum absolute atomic E-state index is 11.5. The molecule has 1 fully saturated rings. The highest BCUT2D eigenvalue weighted by Gasteiger charge is 2.34. The standard InChI is InChI=1S/C11H17N3O2S/c1-2-14-11(10-5-12-8-13-6-10)9-3-4-17(15,16)7-9/h5-6,8-9,11,14H,2-4,7H2,1H3. The lowest BCUT2D eigenvalue weighted by Crippen LogP contribution is -2.29. The highest BCUT2D eigenvalue weighted by atomic mass is 32.2. The minimum absolute atomic E-state index is 0.0403. The molecule has 1 N–H and O–H groups in total. The third kappa shape index (κ3) is 3.01. The van der Waals surface area contributed by atoms with Gasteiger partial charge in [0.15, 0.2) is 9.84 Å². The zero-order chi connectivity index (χ0) is 12.3. The smallest absolute Gasteiger partial charge is 0.150 e. The Morgan fingerprint density at radius 2 is 2.18 bits per heavy atom. The highest BCUT2D eigenvalue weighted by Crippen LogP contribution is 2.30. The fourth-order valence-corrected chi connectivity index (χ4v) is 4.17. The normalized spacial score (nSPS) is 24.6. The maximum atomic E-state index is 11.5. The van der Waals surface area contributed by atoms with E-state index < -0.39 is 9.84 Å². The van der Waals surface area contributed by atoms with E-state index in [1.165, 1.54) is 6.33 Å². The van der Waals surface area contributed by atoms with Gasteiger partial charge in [-0.1, -0.05) is 6.92 Å². The van der Waals surface area contributed by atoms with Gasteiger partial charge < -0.3 is 5.32 Å². The summed E-state index contributed by atoms with van der Waals surface area (Å²) in [5, 5.41) is 3.33. The van der Waals surface area contributed by atoms with Gasteiger partial charge in [0.25, 0.3) is 0 Å². The summed E-state index contributed by atoms with van der Waals surface area (Å²) < 4.78 is 23.0. The molecular formula is C11H17N3O2S. The van der Waals surface area contributed by atoms with Crippen molar-refractivity contribution >= 4 is 9.84 Å². The molecule has 1 saturated heterocycles. The van der Waals surface area contributed by atoms with Crippen molar-refractivity contribution in [2.75, 3.05) is 18.1 Å². The van der Waals surface area contributed by atoms with Gasteiger partial charge in [-0.2, -0.15) is 0 Å². The molecule has 0 spiro atoms. The van der Waals surface area contributed by atoms with Gasteiger partial charge in [-0.3, -0.25) is 0 Å². The summed E-state index contributed by atoms with van der Waals surface area (Å²) in [4.78, 5) is 7.99. The first-order valence-corrected chi connectivity index (χ1v) is 7.63. The van der Waals surface area contributed by atoms with Crippen LogP contribution in [-0.2, 0) is 9.84 Å². The summed E-state index contributed by atoms with van der Waals surface area (Å²) in [6.07, 6.45) is 5.71. The molecule has 0 radical (unpaired) electrons. The summed E-state index contributed by atoms with van der Waals surface area (Å²) in [5.74, 6) is 0.693. The Morgan fingerprint density at radius 3 is 2.71 bits per heavy atom. The van der Waals surface area contributed by atoms with Crippen LogP contribution in [0.25, 0.3) is 0 Å². The first-order chi connectivity index (χ1) is 8.12. The first-order valence-electron chi connectivity index (χ1n) is 5.81. The average molecular weight is 255 g/mol. The Hall–Kier alpha value is -1.01. The largest absolute Gasteiger partial charge is 0.310 e. The van der Waals surface area contributed by atoms with Gasteiger partial charge in [0.1, 0.15) is 6.33 Å². The SMILES string of the molecule is CCNC(c1cncnc1)C1CCS(=O)(=O)C1. The van der Waals surface area contributed by atoms with E-state index in [4.69, 9.17) is 0 Å². The number of hydrogen-bond acceptors (Lipinski definition) is 5. The summed E-state index contributed by atoms with van der Waals surface area (Å²) in [7, 11) is -2.85. The van der Waals surface area contributed by atoms with Crippen molar-refractivity contribution in [3.8, 4) is 0 Å². The Balaban J connectivity index is 2.19. The second-order valence-electron chi connectivity index (χ2n) is 4.37. The van der Waals surface area contributed by atoms with Crippen molar-refractivity contribution in [2.45, 2.75) is 19.4 Å². The van der Waals surface area contributed by atoms with Gasteiger partial charge in [-0.05, 0) is 18.9 Å². The highest BCUT2D eigenvalue weighted by molar-refractivity contribution is 7.91. The molecule has 0 bridgehead atoms. The van der Waals surface area contributed by atoms with Crippen molar-refractivity contribution in [3.05, 3.63) is 24.3 Å². The third-order valence-electron chi connectivity index (χ3n) is 3.10. The van der Waals surface area contributed by atoms with Crippen LogP contribution in [0.2, 0.25) is 0 Å². The summed E-state index contributed by atoms with van der Waals surface area (Å²) in [6, 6.07) is 0.0403. The van der Waals surface area contributed by atoms with Crippen LogP contribution in [0.3, 0.4) is 0 Å². The number of hydrogen-bond donors (Lipinski definition) is 1. The molecule has 2 heterocycles. The Bertz CT molecular complexity index is 461. The van der Waals surface area contributed by atoms with Crippen molar-refractivity contribution in [1.82, 2.24) is 15.3 Å². The molecule has 1 aromatic rings. The number of sulfone groups is 1. The molecule has 0 aliphatic carbocycles. The van der Waals surface area contributed by atoms with E-state index in [9.17, 15) is 8.42 Å². The molecule has 0 amide bonds. The van der Waals surface area contributed by atoms with Crippen LogP contribution in [0, 0.1) is 5.92 Å². The predicted molar refractivity (Wildman–Crippen MR) is 65.2 cm³/mol. The van der Waals surface area contributed by atoms with Crippen molar-refractivity contribution in [2.24, 2.45) is 5.92 Å². The number of rotatable bonds is 4. The molecule has 1 aromatic heterocycles. The molecule has 5 nitrogen and oxygen atoms in total. The fourth-order valence-electron chi connectivity index (χ4n) is 2.33. The molecule has 1 aliphatic rings. The number of nitrogens with zero attached hydrogens (tertiary/aromatic N) is 2. The molecule has 94 valence electrons. The zero-order valence-electron chi connectivity index (χ0n) is 9.83. The lowest BCUT2D eigenvalue weighted by molar-refractivity contribution is 0.398. The van der Waals surface area contributed by atoms with Crippen LogP contribution in [0.15, 0.2) is 18.7 Å². The van der Waals surface area contributed by atoms with E-state index in [-0.39, 0.29) is 17.7 Å². The van der Waals surface area contributed by atoms with Crippen LogP contribution in [0.4, 0.5) is 0 Å². The van der Waals surface area contributed by atoms with E-state index in [1.54, 1.807) is 12.4 Å². The molecule has 2 unspecified atom stereocenters. The lowest BCUT2D eigenvalue weighted by atomic mass is 9.94. The first kappa shape index (κ1) is 12.4. The zero-order valence-corrected chi connectivity index (χ0v) is 10.7. The monoisotopic (exact) mass is 255 g/mol. The topological polar surface area (TPSA) is 72.0 Å². The van der Waals surface area contributed by atoms with Gasteiger partial charge in [0.2, 0.25) is 0 Å². The molecule has 2 atom stereocenters. The minimum atomic E-state index is -2.85. The Kier molecular flexibility index (Phi) is 3.73.